The van der Waals surface area contributed by atoms with E-state index in [-0.39, 0.29) is 12.0 Å². The van der Waals surface area contributed by atoms with Crippen LogP contribution in [-0.2, 0) is 4.74 Å². The van der Waals surface area contributed by atoms with Crippen LogP contribution in [0.2, 0.25) is 0 Å². The van der Waals surface area contributed by atoms with E-state index in [9.17, 15) is 4.79 Å². The van der Waals surface area contributed by atoms with Gasteiger partial charge < -0.3 is 10.5 Å². The Morgan fingerprint density at radius 2 is 1.95 bits per heavy atom. The van der Waals surface area contributed by atoms with Crippen molar-refractivity contribution in [3.05, 3.63) is 47.2 Å². The molecule has 0 saturated heterocycles. The summed E-state index contributed by atoms with van der Waals surface area (Å²) in [5.41, 5.74) is 11.3. The van der Waals surface area contributed by atoms with Gasteiger partial charge in [-0.25, -0.2) is 4.79 Å². The summed E-state index contributed by atoms with van der Waals surface area (Å²) >= 11 is 0. The Kier molecular flexibility index (Phi) is 4.96. The zero-order valence-corrected chi connectivity index (χ0v) is 12.0. The molecule has 19 heavy (non-hydrogen) atoms. The topological polar surface area (TPSA) is 52.3 Å². The Labute approximate surface area is 114 Å². The monoisotopic (exact) mass is 259 g/mol. The molecule has 102 valence electrons. The molecule has 3 nitrogen and oxygen atoms in total. The van der Waals surface area contributed by atoms with Gasteiger partial charge >= 0.3 is 6.09 Å². The SMILES string of the molecule is CC(=C=CC(C)(C)COC(N)=O)c1ccc(C)cc1. The molecule has 0 saturated carbocycles. The summed E-state index contributed by atoms with van der Waals surface area (Å²) in [4.78, 5) is 10.6. The van der Waals surface area contributed by atoms with Crippen molar-refractivity contribution in [2.45, 2.75) is 27.7 Å². The van der Waals surface area contributed by atoms with E-state index in [1.54, 1.807) is 0 Å². The van der Waals surface area contributed by atoms with E-state index in [0.717, 1.165) is 11.1 Å². The molecule has 0 radical (unpaired) electrons. The molecule has 0 spiro atoms. The first kappa shape index (κ1) is 15.1. The standard InChI is InChI=1S/C16H21NO2/c1-12-5-7-14(8-6-12)13(2)9-10-16(3,4)11-19-15(17)18/h5-8,10H,11H2,1-4H3,(H2,17,18). The van der Waals surface area contributed by atoms with Crippen molar-refractivity contribution < 1.29 is 9.53 Å². The first-order chi connectivity index (χ1) is 8.80. The van der Waals surface area contributed by atoms with Crippen molar-refractivity contribution in [3.8, 4) is 0 Å². The van der Waals surface area contributed by atoms with Gasteiger partial charge in [0.1, 0.15) is 6.61 Å². The Morgan fingerprint density at radius 1 is 1.37 bits per heavy atom. The van der Waals surface area contributed by atoms with E-state index in [1.807, 2.05) is 26.8 Å². The summed E-state index contributed by atoms with van der Waals surface area (Å²) in [6, 6.07) is 8.28. The van der Waals surface area contributed by atoms with Crippen LogP contribution in [-0.4, -0.2) is 12.7 Å². The second kappa shape index (κ2) is 6.26. The van der Waals surface area contributed by atoms with Crippen molar-refractivity contribution in [1.82, 2.24) is 0 Å². The molecule has 3 heteroatoms. The molecule has 1 rings (SSSR count). The van der Waals surface area contributed by atoms with Crippen molar-refractivity contribution in [1.29, 1.82) is 0 Å². The molecule has 0 bridgehead atoms. The fourth-order valence-corrected chi connectivity index (χ4v) is 1.49. The molecule has 0 heterocycles. The van der Waals surface area contributed by atoms with E-state index in [2.05, 4.69) is 36.9 Å². The molecule has 1 amide bonds. The van der Waals surface area contributed by atoms with Gasteiger partial charge in [0.25, 0.3) is 0 Å². The van der Waals surface area contributed by atoms with Gasteiger partial charge in [-0.2, -0.15) is 0 Å². The zero-order chi connectivity index (χ0) is 14.5. The van der Waals surface area contributed by atoms with Crippen LogP contribution in [0, 0.1) is 12.3 Å². The number of nitrogens with two attached hydrogens (primary N) is 1. The van der Waals surface area contributed by atoms with Crippen LogP contribution in [0.15, 0.2) is 36.1 Å². The van der Waals surface area contributed by atoms with Gasteiger partial charge in [-0.3, -0.25) is 0 Å². The first-order valence-electron chi connectivity index (χ1n) is 6.24. The molecule has 1 aromatic rings. The third-order valence-corrected chi connectivity index (χ3v) is 2.75. The molecule has 0 aliphatic rings. The summed E-state index contributed by atoms with van der Waals surface area (Å²) in [6.07, 6.45) is 1.16. The largest absolute Gasteiger partial charge is 0.449 e. The van der Waals surface area contributed by atoms with E-state index >= 15 is 0 Å². The number of ether oxygens (including phenoxy) is 1. The van der Waals surface area contributed by atoms with E-state index in [0.29, 0.717) is 0 Å². The number of carbonyl (C=O) groups excluding carboxylic acids is 1. The Morgan fingerprint density at radius 3 is 2.47 bits per heavy atom. The first-order valence-corrected chi connectivity index (χ1v) is 6.24. The number of amides is 1. The lowest BCUT2D eigenvalue weighted by Crippen LogP contribution is -2.22. The number of aryl methyl sites for hydroxylation is 1. The van der Waals surface area contributed by atoms with E-state index < -0.39 is 6.09 Å². The van der Waals surface area contributed by atoms with Crippen LogP contribution in [0.25, 0.3) is 5.57 Å². The zero-order valence-electron chi connectivity index (χ0n) is 12.0. The fraction of sp³-hybridized carbons (Fsp3) is 0.375. The predicted molar refractivity (Wildman–Crippen MR) is 77.7 cm³/mol. The quantitative estimate of drug-likeness (QED) is 0.839. The maximum absolute atomic E-state index is 10.6. The minimum absolute atomic E-state index is 0.247. The molecule has 0 atom stereocenters. The Bertz CT molecular complexity index is 506. The third kappa shape index (κ3) is 5.45. The lowest BCUT2D eigenvalue weighted by atomic mass is 9.94. The summed E-state index contributed by atoms with van der Waals surface area (Å²) in [7, 11) is 0. The van der Waals surface area contributed by atoms with Gasteiger partial charge in [0.15, 0.2) is 0 Å². The van der Waals surface area contributed by atoms with Crippen LogP contribution < -0.4 is 5.73 Å². The highest BCUT2D eigenvalue weighted by atomic mass is 16.5. The van der Waals surface area contributed by atoms with Gasteiger partial charge in [-0.05, 0) is 31.1 Å². The van der Waals surface area contributed by atoms with Crippen molar-refractivity contribution in [3.63, 3.8) is 0 Å². The Balaban J connectivity index is 2.84. The number of carbonyl (C=O) groups is 1. The number of primary amides is 1. The molecular weight excluding hydrogens is 238 g/mol. The molecule has 0 unspecified atom stereocenters. The molecule has 0 aliphatic carbocycles. The van der Waals surface area contributed by atoms with Crippen molar-refractivity contribution >= 4 is 11.7 Å². The maximum atomic E-state index is 10.6. The van der Waals surface area contributed by atoms with Gasteiger partial charge in [0, 0.05) is 5.41 Å². The number of hydrogen-bond acceptors (Lipinski definition) is 2. The van der Waals surface area contributed by atoms with Crippen molar-refractivity contribution in [2.75, 3.05) is 6.61 Å². The molecular formula is C16H21NO2. The van der Waals surface area contributed by atoms with Gasteiger partial charge in [-0.15, -0.1) is 5.73 Å². The van der Waals surface area contributed by atoms with Crippen molar-refractivity contribution in [2.24, 2.45) is 11.1 Å². The van der Waals surface area contributed by atoms with Gasteiger partial charge in [0.05, 0.1) is 0 Å². The average Bonchev–Trinajstić information content (AvgIpc) is 2.35. The highest BCUT2D eigenvalue weighted by Crippen LogP contribution is 2.19. The average molecular weight is 259 g/mol. The highest BCUT2D eigenvalue weighted by Gasteiger charge is 2.15. The van der Waals surface area contributed by atoms with E-state index in [1.165, 1.54) is 5.56 Å². The summed E-state index contributed by atoms with van der Waals surface area (Å²) in [5, 5.41) is 0. The minimum atomic E-state index is -0.749. The highest BCUT2D eigenvalue weighted by molar-refractivity contribution is 5.64. The predicted octanol–water partition coefficient (Wildman–Crippen LogP) is 3.67. The lowest BCUT2D eigenvalue weighted by molar-refractivity contribution is 0.125. The van der Waals surface area contributed by atoms with E-state index in [4.69, 9.17) is 10.5 Å². The maximum Gasteiger partial charge on any atom is 0.404 e. The second-order valence-corrected chi connectivity index (χ2v) is 5.38. The molecule has 1 aromatic carbocycles. The third-order valence-electron chi connectivity index (χ3n) is 2.75. The summed E-state index contributed by atoms with van der Waals surface area (Å²) < 4.78 is 4.82. The molecule has 0 aliphatic heterocycles. The summed E-state index contributed by atoms with van der Waals surface area (Å²) in [5.74, 6) is 0. The number of hydrogen-bond donors (Lipinski definition) is 1. The second-order valence-electron chi connectivity index (χ2n) is 5.38. The lowest BCUT2D eigenvalue weighted by Gasteiger charge is -2.17. The smallest absolute Gasteiger partial charge is 0.404 e. The number of benzene rings is 1. The van der Waals surface area contributed by atoms with Gasteiger partial charge in [0.2, 0.25) is 0 Å². The molecule has 2 N–H and O–H groups in total. The summed E-state index contributed by atoms with van der Waals surface area (Å²) in [6.45, 7) is 8.24. The fourth-order valence-electron chi connectivity index (χ4n) is 1.49. The van der Waals surface area contributed by atoms with Crippen LogP contribution in [0.5, 0.6) is 0 Å². The van der Waals surface area contributed by atoms with Gasteiger partial charge in [-0.1, -0.05) is 43.7 Å². The molecule has 0 aromatic heterocycles. The number of rotatable bonds is 4. The minimum Gasteiger partial charge on any atom is -0.449 e. The molecule has 0 fully saturated rings. The Hall–Kier alpha value is -1.99. The van der Waals surface area contributed by atoms with Crippen LogP contribution in [0.4, 0.5) is 4.79 Å². The van der Waals surface area contributed by atoms with Crippen LogP contribution in [0.3, 0.4) is 0 Å². The normalized spacial score (nSPS) is 10.5. The van der Waals surface area contributed by atoms with Crippen LogP contribution in [0.1, 0.15) is 31.9 Å². The van der Waals surface area contributed by atoms with Crippen LogP contribution >= 0.6 is 0 Å².